The highest BCUT2D eigenvalue weighted by atomic mass is 16.5. The van der Waals surface area contributed by atoms with E-state index in [1.807, 2.05) is 24.3 Å². The van der Waals surface area contributed by atoms with Crippen molar-refractivity contribution < 1.29 is 19.4 Å². The number of aliphatic hydroxyl groups excluding tert-OH is 1. The number of hydrogen-bond acceptors (Lipinski definition) is 5. The molecule has 5 nitrogen and oxygen atoms in total. The van der Waals surface area contributed by atoms with Crippen LogP contribution >= 0.6 is 0 Å². The van der Waals surface area contributed by atoms with Crippen LogP contribution in [0.15, 0.2) is 24.3 Å². The topological polar surface area (TPSA) is 67.8 Å². The number of hydrogen-bond donors (Lipinski definition) is 2. The van der Waals surface area contributed by atoms with E-state index in [0.29, 0.717) is 19.7 Å². The maximum absolute atomic E-state index is 11.3. The van der Waals surface area contributed by atoms with Gasteiger partial charge in [0.2, 0.25) is 0 Å². The van der Waals surface area contributed by atoms with Crippen molar-refractivity contribution in [3.05, 3.63) is 35.4 Å². The van der Waals surface area contributed by atoms with E-state index in [4.69, 9.17) is 4.74 Å². The normalized spacial score (nSPS) is 12.2. The zero-order chi connectivity index (χ0) is 14.1. The lowest BCUT2D eigenvalue weighted by Crippen LogP contribution is -2.30. The maximum atomic E-state index is 11.3. The molecule has 19 heavy (non-hydrogen) atoms. The van der Waals surface area contributed by atoms with E-state index in [1.165, 1.54) is 7.11 Å². The Morgan fingerprint density at radius 2 is 2.00 bits per heavy atom. The van der Waals surface area contributed by atoms with Gasteiger partial charge in [0, 0.05) is 20.2 Å². The van der Waals surface area contributed by atoms with Crippen LogP contribution in [0.1, 0.15) is 11.1 Å². The first-order valence-corrected chi connectivity index (χ1v) is 6.18. The molecule has 2 N–H and O–H groups in total. The molecule has 5 heteroatoms. The zero-order valence-electron chi connectivity index (χ0n) is 11.4. The Bertz CT molecular complexity index is 395. The number of carbonyl (C=O) groups is 1. The van der Waals surface area contributed by atoms with E-state index in [1.54, 1.807) is 7.11 Å². The van der Waals surface area contributed by atoms with Crippen LogP contribution in [0.3, 0.4) is 0 Å². The predicted octanol–water partition coefficient (Wildman–Crippen LogP) is 0.499. The van der Waals surface area contributed by atoms with Gasteiger partial charge in [0.1, 0.15) is 0 Å². The SMILES string of the molecule is COCC(O)CNCc1ccccc1CC(=O)OC. The minimum absolute atomic E-state index is 0.258. The quantitative estimate of drug-likeness (QED) is 0.671. The molecule has 0 saturated carbocycles. The van der Waals surface area contributed by atoms with Crippen molar-refractivity contribution in [1.82, 2.24) is 5.32 Å². The highest BCUT2D eigenvalue weighted by Gasteiger charge is 2.08. The summed E-state index contributed by atoms with van der Waals surface area (Å²) in [5.74, 6) is -0.258. The van der Waals surface area contributed by atoms with Gasteiger partial charge >= 0.3 is 5.97 Å². The third kappa shape index (κ3) is 5.83. The van der Waals surface area contributed by atoms with Gasteiger partial charge in [0.05, 0.1) is 26.2 Å². The first-order chi connectivity index (χ1) is 9.17. The number of rotatable bonds is 8. The maximum Gasteiger partial charge on any atom is 0.309 e. The Kier molecular flexibility index (Phi) is 7.10. The summed E-state index contributed by atoms with van der Waals surface area (Å²) in [4.78, 5) is 11.3. The number of esters is 1. The molecule has 1 aromatic rings. The fourth-order valence-electron chi connectivity index (χ4n) is 1.75. The van der Waals surface area contributed by atoms with E-state index in [9.17, 15) is 9.90 Å². The van der Waals surface area contributed by atoms with Crippen LogP contribution in [0.25, 0.3) is 0 Å². The molecule has 0 radical (unpaired) electrons. The van der Waals surface area contributed by atoms with Crippen molar-refractivity contribution in [3.63, 3.8) is 0 Å². The minimum Gasteiger partial charge on any atom is -0.469 e. The molecule has 0 saturated heterocycles. The van der Waals surface area contributed by atoms with Crippen LogP contribution in [-0.2, 0) is 27.2 Å². The average Bonchev–Trinajstić information content (AvgIpc) is 2.41. The van der Waals surface area contributed by atoms with Gasteiger partial charge in [-0.25, -0.2) is 0 Å². The lowest BCUT2D eigenvalue weighted by molar-refractivity contribution is -0.139. The standard InChI is InChI=1S/C14H21NO4/c1-18-10-13(16)9-15-8-12-6-4-3-5-11(12)7-14(17)19-2/h3-6,13,15-16H,7-10H2,1-2H3. The van der Waals surface area contributed by atoms with Crippen molar-refractivity contribution in [2.24, 2.45) is 0 Å². The Morgan fingerprint density at radius 1 is 1.32 bits per heavy atom. The monoisotopic (exact) mass is 267 g/mol. The second kappa shape index (κ2) is 8.63. The number of ether oxygens (including phenoxy) is 2. The van der Waals surface area contributed by atoms with Crippen molar-refractivity contribution in [2.75, 3.05) is 27.4 Å². The molecule has 0 aliphatic heterocycles. The summed E-state index contributed by atoms with van der Waals surface area (Å²) in [5, 5.41) is 12.7. The molecule has 0 aliphatic rings. The lowest BCUT2D eigenvalue weighted by atomic mass is 10.0. The summed E-state index contributed by atoms with van der Waals surface area (Å²) in [6.45, 7) is 1.34. The molecule has 1 unspecified atom stereocenters. The molecule has 0 aromatic heterocycles. The van der Waals surface area contributed by atoms with Gasteiger partial charge in [-0.3, -0.25) is 4.79 Å². The highest BCUT2D eigenvalue weighted by molar-refractivity contribution is 5.72. The van der Waals surface area contributed by atoms with Gasteiger partial charge in [-0.2, -0.15) is 0 Å². The van der Waals surface area contributed by atoms with E-state index >= 15 is 0 Å². The summed E-state index contributed by atoms with van der Waals surface area (Å²) < 4.78 is 9.51. The number of carbonyl (C=O) groups excluding carboxylic acids is 1. The van der Waals surface area contributed by atoms with E-state index in [-0.39, 0.29) is 12.4 Å². The molecular weight excluding hydrogens is 246 g/mol. The first-order valence-electron chi connectivity index (χ1n) is 6.18. The van der Waals surface area contributed by atoms with Crippen LogP contribution in [0.2, 0.25) is 0 Å². The van der Waals surface area contributed by atoms with E-state index < -0.39 is 6.10 Å². The Balaban J connectivity index is 2.50. The number of nitrogens with one attached hydrogen (secondary N) is 1. The number of benzene rings is 1. The third-order valence-electron chi connectivity index (χ3n) is 2.74. The molecule has 0 amide bonds. The summed E-state index contributed by atoms with van der Waals surface area (Å²) in [6.07, 6.45) is -0.271. The van der Waals surface area contributed by atoms with Crippen LogP contribution in [0.5, 0.6) is 0 Å². The fourth-order valence-corrected chi connectivity index (χ4v) is 1.75. The van der Waals surface area contributed by atoms with E-state index in [2.05, 4.69) is 10.1 Å². The van der Waals surface area contributed by atoms with Gasteiger partial charge in [0.25, 0.3) is 0 Å². The Labute approximate surface area is 113 Å². The summed E-state index contributed by atoms with van der Waals surface area (Å²) in [7, 11) is 2.93. The molecule has 0 heterocycles. The second-order valence-electron chi connectivity index (χ2n) is 4.26. The van der Waals surface area contributed by atoms with Crippen LogP contribution in [0.4, 0.5) is 0 Å². The average molecular weight is 267 g/mol. The van der Waals surface area contributed by atoms with Gasteiger partial charge in [-0.05, 0) is 11.1 Å². The van der Waals surface area contributed by atoms with Crippen molar-refractivity contribution in [3.8, 4) is 0 Å². The molecule has 0 aliphatic carbocycles. The van der Waals surface area contributed by atoms with Crippen molar-refractivity contribution in [2.45, 2.75) is 19.1 Å². The van der Waals surface area contributed by atoms with Gasteiger partial charge < -0.3 is 19.9 Å². The Morgan fingerprint density at radius 3 is 2.63 bits per heavy atom. The molecule has 0 fully saturated rings. The molecule has 0 bridgehead atoms. The number of methoxy groups -OCH3 is 2. The summed E-state index contributed by atoms with van der Waals surface area (Å²) in [6, 6.07) is 7.67. The van der Waals surface area contributed by atoms with Crippen molar-refractivity contribution >= 4 is 5.97 Å². The number of aliphatic hydroxyl groups is 1. The summed E-state index contributed by atoms with van der Waals surface area (Å²) in [5.41, 5.74) is 1.96. The molecule has 1 atom stereocenters. The van der Waals surface area contributed by atoms with Gasteiger partial charge in [0.15, 0.2) is 0 Å². The Hall–Kier alpha value is -1.43. The molecular formula is C14H21NO4. The third-order valence-corrected chi connectivity index (χ3v) is 2.74. The fraction of sp³-hybridized carbons (Fsp3) is 0.500. The second-order valence-corrected chi connectivity index (χ2v) is 4.26. The van der Waals surface area contributed by atoms with Gasteiger partial charge in [-0.1, -0.05) is 24.3 Å². The van der Waals surface area contributed by atoms with Crippen LogP contribution in [-0.4, -0.2) is 44.6 Å². The summed E-state index contributed by atoms with van der Waals surface area (Å²) >= 11 is 0. The lowest BCUT2D eigenvalue weighted by Gasteiger charge is -2.13. The van der Waals surface area contributed by atoms with Crippen LogP contribution < -0.4 is 5.32 Å². The highest BCUT2D eigenvalue weighted by Crippen LogP contribution is 2.10. The predicted molar refractivity (Wildman–Crippen MR) is 71.8 cm³/mol. The van der Waals surface area contributed by atoms with Crippen LogP contribution in [0, 0.1) is 0 Å². The van der Waals surface area contributed by atoms with Crippen molar-refractivity contribution in [1.29, 1.82) is 0 Å². The largest absolute Gasteiger partial charge is 0.469 e. The molecule has 1 aromatic carbocycles. The van der Waals surface area contributed by atoms with Gasteiger partial charge in [-0.15, -0.1) is 0 Å². The first kappa shape index (κ1) is 15.6. The molecule has 1 rings (SSSR count). The van der Waals surface area contributed by atoms with E-state index in [0.717, 1.165) is 11.1 Å². The smallest absolute Gasteiger partial charge is 0.309 e. The molecule has 106 valence electrons. The minimum atomic E-state index is -0.530. The molecule has 0 spiro atoms. The zero-order valence-corrected chi connectivity index (χ0v) is 11.4.